The minimum absolute atomic E-state index is 0.267. The van der Waals surface area contributed by atoms with Gasteiger partial charge in [-0.05, 0) is 37.3 Å². The summed E-state index contributed by atoms with van der Waals surface area (Å²) in [4.78, 5) is 16.5. The molecule has 0 fully saturated rings. The molecule has 0 bridgehead atoms. The maximum absolute atomic E-state index is 13.7. The van der Waals surface area contributed by atoms with Crippen LogP contribution in [0.1, 0.15) is 17.3 Å². The van der Waals surface area contributed by atoms with Crippen LogP contribution in [0.25, 0.3) is 11.1 Å². The zero-order valence-corrected chi connectivity index (χ0v) is 12.4. The number of halogens is 2. The normalized spacial score (nSPS) is 12.5. The lowest BCUT2D eigenvalue weighted by atomic mass is 10.1. The number of ketones is 1. The SMILES string of the molecule is CC(Sc1nc2ccccc2o1)C(=O)c1cc(F)ccc1F. The molecule has 1 aromatic heterocycles. The number of aromatic nitrogens is 1. The van der Waals surface area contributed by atoms with Crippen molar-refractivity contribution in [2.75, 3.05) is 0 Å². The molecule has 3 rings (SSSR count). The van der Waals surface area contributed by atoms with E-state index in [-0.39, 0.29) is 5.56 Å². The van der Waals surface area contributed by atoms with Gasteiger partial charge in [0.1, 0.15) is 17.2 Å². The highest BCUT2D eigenvalue weighted by Gasteiger charge is 2.22. The summed E-state index contributed by atoms with van der Waals surface area (Å²) in [5.41, 5.74) is 1.03. The molecular formula is C16H11F2NO2S. The molecule has 0 N–H and O–H groups in total. The molecule has 1 unspecified atom stereocenters. The van der Waals surface area contributed by atoms with E-state index in [4.69, 9.17) is 4.42 Å². The molecule has 22 heavy (non-hydrogen) atoms. The summed E-state index contributed by atoms with van der Waals surface area (Å²) in [7, 11) is 0. The Balaban J connectivity index is 1.82. The van der Waals surface area contributed by atoms with Crippen molar-refractivity contribution < 1.29 is 18.0 Å². The Kier molecular flexibility index (Phi) is 3.94. The predicted octanol–water partition coefficient (Wildman–Crippen LogP) is 4.47. The van der Waals surface area contributed by atoms with Gasteiger partial charge in [-0.3, -0.25) is 4.79 Å². The summed E-state index contributed by atoms with van der Waals surface area (Å²) in [6, 6.07) is 10.0. The minimum atomic E-state index is -0.739. The van der Waals surface area contributed by atoms with Crippen molar-refractivity contribution >= 4 is 28.6 Å². The fourth-order valence-corrected chi connectivity index (χ4v) is 2.84. The van der Waals surface area contributed by atoms with Crippen molar-refractivity contribution in [2.24, 2.45) is 0 Å². The number of benzene rings is 2. The third kappa shape index (κ3) is 2.87. The van der Waals surface area contributed by atoms with Gasteiger partial charge in [0, 0.05) is 0 Å². The molecular weight excluding hydrogens is 308 g/mol. The molecule has 2 aromatic carbocycles. The quantitative estimate of drug-likeness (QED) is 0.526. The van der Waals surface area contributed by atoms with Crippen LogP contribution in [0.5, 0.6) is 0 Å². The van der Waals surface area contributed by atoms with E-state index >= 15 is 0 Å². The number of Topliss-reactive ketones (excluding diaryl/α,β-unsaturated/α-hetero) is 1. The third-order valence-corrected chi connectivity index (χ3v) is 4.06. The smallest absolute Gasteiger partial charge is 0.257 e. The number of carbonyl (C=O) groups is 1. The average Bonchev–Trinajstić information content (AvgIpc) is 2.91. The Labute approximate surface area is 129 Å². The number of carbonyl (C=O) groups excluding carboxylic acids is 1. The van der Waals surface area contributed by atoms with E-state index in [1.165, 1.54) is 0 Å². The average molecular weight is 319 g/mol. The first kappa shape index (κ1) is 14.7. The van der Waals surface area contributed by atoms with E-state index in [1.54, 1.807) is 19.1 Å². The number of para-hydroxylation sites is 2. The molecule has 3 nitrogen and oxygen atoms in total. The van der Waals surface area contributed by atoms with Gasteiger partial charge >= 0.3 is 0 Å². The van der Waals surface area contributed by atoms with Crippen LogP contribution < -0.4 is 0 Å². The van der Waals surface area contributed by atoms with Crippen LogP contribution in [0.3, 0.4) is 0 Å². The van der Waals surface area contributed by atoms with Crippen LogP contribution in [0, 0.1) is 11.6 Å². The van der Waals surface area contributed by atoms with Gasteiger partial charge in [-0.2, -0.15) is 0 Å². The standard InChI is InChI=1S/C16H11F2NO2S/c1-9(15(20)11-8-10(17)6-7-12(11)18)22-16-19-13-4-2-3-5-14(13)21-16/h2-9H,1H3. The van der Waals surface area contributed by atoms with Gasteiger partial charge in [-0.25, -0.2) is 13.8 Å². The van der Waals surface area contributed by atoms with Crippen molar-refractivity contribution in [1.29, 1.82) is 0 Å². The number of thioether (sulfide) groups is 1. The second-order valence-corrected chi connectivity index (χ2v) is 5.99. The molecule has 0 radical (unpaired) electrons. The number of hydrogen-bond acceptors (Lipinski definition) is 4. The van der Waals surface area contributed by atoms with Gasteiger partial charge in [-0.1, -0.05) is 23.9 Å². The molecule has 0 aliphatic carbocycles. The summed E-state index contributed by atoms with van der Waals surface area (Å²) >= 11 is 1.07. The molecule has 6 heteroatoms. The Morgan fingerprint density at radius 2 is 2.00 bits per heavy atom. The highest BCUT2D eigenvalue weighted by atomic mass is 32.2. The number of nitrogens with zero attached hydrogens (tertiary/aromatic N) is 1. The highest BCUT2D eigenvalue weighted by Crippen LogP contribution is 2.28. The van der Waals surface area contributed by atoms with Crippen molar-refractivity contribution in [1.82, 2.24) is 4.98 Å². The lowest BCUT2D eigenvalue weighted by Gasteiger charge is -2.08. The van der Waals surface area contributed by atoms with E-state index in [2.05, 4.69) is 4.98 Å². The molecule has 112 valence electrons. The number of hydrogen-bond donors (Lipinski definition) is 0. The topological polar surface area (TPSA) is 43.1 Å². The molecule has 1 atom stereocenters. The summed E-state index contributed by atoms with van der Waals surface area (Å²) in [5.74, 6) is -1.90. The highest BCUT2D eigenvalue weighted by molar-refractivity contribution is 8.00. The Hall–Kier alpha value is -2.21. The first-order chi connectivity index (χ1) is 10.5. The van der Waals surface area contributed by atoms with Crippen molar-refractivity contribution in [2.45, 2.75) is 17.4 Å². The fraction of sp³-hybridized carbons (Fsp3) is 0.125. The van der Waals surface area contributed by atoms with E-state index in [1.807, 2.05) is 12.1 Å². The third-order valence-electron chi connectivity index (χ3n) is 3.11. The van der Waals surface area contributed by atoms with Gasteiger partial charge in [0.15, 0.2) is 11.4 Å². The number of oxazole rings is 1. The van der Waals surface area contributed by atoms with Crippen molar-refractivity contribution in [3.63, 3.8) is 0 Å². The van der Waals surface area contributed by atoms with Gasteiger partial charge < -0.3 is 4.42 Å². The van der Waals surface area contributed by atoms with Crippen LogP contribution in [-0.4, -0.2) is 16.0 Å². The van der Waals surface area contributed by atoms with Crippen LogP contribution >= 0.6 is 11.8 Å². The van der Waals surface area contributed by atoms with Gasteiger partial charge in [0.25, 0.3) is 5.22 Å². The summed E-state index contributed by atoms with van der Waals surface area (Å²) in [5, 5.41) is -0.330. The Morgan fingerprint density at radius 3 is 2.77 bits per heavy atom. The number of fused-ring (bicyclic) bond motifs is 1. The van der Waals surface area contributed by atoms with Gasteiger partial charge in [0.2, 0.25) is 0 Å². The summed E-state index contributed by atoms with van der Waals surface area (Å²) in [6.07, 6.45) is 0. The molecule has 1 heterocycles. The van der Waals surface area contributed by atoms with Gasteiger partial charge in [0.05, 0.1) is 10.8 Å². The summed E-state index contributed by atoms with van der Waals surface area (Å²) in [6.45, 7) is 1.60. The molecule has 0 saturated heterocycles. The second-order valence-electron chi connectivity index (χ2n) is 4.70. The molecule has 0 saturated carbocycles. The van der Waals surface area contributed by atoms with E-state index in [9.17, 15) is 13.6 Å². The summed E-state index contributed by atoms with van der Waals surface area (Å²) < 4.78 is 32.3. The van der Waals surface area contributed by atoms with Crippen molar-refractivity contribution in [3.8, 4) is 0 Å². The van der Waals surface area contributed by atoms with E-state index in [0.717, 1.165) is 30.0 Å². The van der Waals surface area contributed by atoms with E-state index in [0.29, 0.717) is 16.3 Å². The first-order valence-corrected chi connectivity index (χ1v) is 7.44. The lowest BCUT2D eigenvalue weighted by Crippen LogP contribution is -2.15. The Bertz CT molecular complexity index is 814. The lowest BCUT2D eigenvalue weighted by molar-refractivity contribution is 0.0989. The number of rotatable bonds is 4. The minimum Gasteiger partial charge on any atom is -0.431 e. The van der Waals surface area contributed by atoms with Crippen LogP contribution in [0.15, 0.2) is 52.1 Å². The van der Waals surface area contributed by atoms with Gasteiger partial charge in [-0.15, -0.1) is 0 Å². The maximum atomic E-state index is 13.7. The maximum Gasteiger partial charge on any atom is 0.257 e. The van der Waals surface area contributed by atoms with Crippen molar-refractivity contribution in [3.05, 3.63) is 59.7 Å². The molecule has 0 aliphatic heterocycles. The Morgan fingerprint density at radius 1 is 1.23 bits per heavy atom. The van der Waals surface area contributed by atoms with Crippen LogP contribution in [0.2, 0.25) is 0 Å². The van der Waals surface area contributed by atoms with Crippen LogP contribution in [-0.2, 0) is 0 Å². The fourth-order valence-electron chi connectivity index (χ4n) is 2.01. The van der Waals surface area contributed by atoms with Crippen LogP contribution in [0.4, 0.5) is 8.78 Å². The zero-order chi connectivity index (χ0) is 15.7. The molecule has 3 aromatic rings. The van der Waals surface area contributed by atoms with E-state index < -0.39 is 22.7 Å². The molecule has 0 amide bonds. The largest absolute Gasteiger partial charge is 0.431 e. The first-order valence-electron chi connectivity index (χ1n) is 6.56. The second kappa shape index (κ2) is 5.88. The molecule has 0 aliphatic rings. The molecule has 0 spiro atoms. The predicted molar refractivity (Wildman–Crippen MR) is 80.0 cm³/mol. The monoisotopic (exact) mass is 319 g/mol. The zero-order valence-electron chi connectivity index (χ0n) is 11.5.